The Hall–Kier alpha value is -2.90. The summed E-state index contributed by atoms with van der Waals surface area (Å²) in [6, 6.07) is 14.4. The predicted molar refractivity (Wildman–Crippen MR) is 132 cm³/mol. The molecule has 0 aliphatic carbocycles. The summed E-state index contributed by atoms with van der Waals surface area (Å²) in [6.45, 7) is 4.32. The quantitative estimate of drug-likeness (QED) is 0.424. The van der Waals surface area contributed by atoms with Crippen molar-refractivity contribution < 1.29 is 18.7 Å². The molecular formula is C26H26ClFN2O3S. The molecule has 3 aromatic rings. The van der Waals surface area contributed by atoms with Crippen molar-refractivity contribution >= 4 is 34.8 Å². The van der Waals surface area contributed by atoms with E-state index in [-0.39, 0.29) is 42.8 Å². The van der Waals surface area contributed by atoms with Crippen molar-refractivity contribution in [3.05, 3.63) is 86.8 Å². The van der Waals surface area contributed by atoms with Gasteiger partial charge in [-0.1, -0.05) is 29.8 Å². The molecule has 34 heavy (non-hydrogen) atoms. The maximum Gasteiger partial charge on any atom is 0.254 e. The van der Waals surface area contributed by atoms with Crippen LogP contribution in [0.5, 0.6) is 5.75 Å². The lowest BCUT2D eigenvalue weighted by atomic mass is 10.00. The molecule has 0 N–H and O–H groups in total. The second kappa shape index (κ2) is 10.6. The standard InChI is InChI=1S/C26H26ClFN2O3S/c1-17(2)30(26(32)18-6-5-7-19(27)14-18)15-25(31)29-12-10-24-20(11-13-34-24)22(29)16-33-23-9-4-3-8-21(23)28/h3-9,11,13-14,17,22H,10,12,15-16H2,1-2H3. The molecule has 0 bridgehead atoms. The van der Waals surface area contributed by atoms with Crippen molar-refractivity contribution in [1.29, 1.82) is 0 Å². The molecule has 1 aromatic heterocycles. The van der Waals surface area contributed by atoms with Gasteiger partial charge in [0.25, 0.3) is 5.91 Å². The van der Waals surface area contributed by atoms with Gasteiger partial charge in [0.05, 0.1) is 6.04 Å². The van der Waals surface area contributed by atoms with Crippen molar-refractivity contribution in [2.75, 3.05) is 19.7 Å². The maximum atomic E-state index is 14.1. The smallest absolute Gasteiger partial charge is 0.254 e. The van der Waals surface area contributed by atoms with E-state index in [0.717, 1.165) is 12.0 Å². The minimum absolute atomic E-state index is 0.0708. The Balaban J connectivity index is 1.54. The van der Waals surface area contributed by atoms with E-state index in [1.54, 1.807) is 63.6 Å². The number of thiophene rings is 1. The predicted octanol–water partition coefficient (Wildman–Crippen LogP) is 5.60. The van der Waals surface area contributed by atoms with E-state index in [0.29, 0.717) is 17.1 Å². The lowest BCUT2D eigenvalue weighted by Gasteiger charge is -2.37. The van der Waals surface area contributed by atoms with Crippen LogP contribution in [0.1, 0.15) is 40.7 Å². The molecule has 0 saturated carbocycles. The van der Waals surface area contributed by atoms with Gasteiger partial charge in [-0.05, 0) is 67.6 Å². The molecule has 2 heterocycles. The van der Waals surface area contributed by atoms with Crippen LogP contribution in [0.4, 0.5) is 4.39 Å². The zero-order chi connectivity index (χ0) is 24.2. The van der Waals surface area contributed by atoms with Gasteiger partial charge in [-0.3, -0.25) is 9.59 Å². The summed E-state index contributed by atoms with van der Waals surface area (Å²) in [6.07, 6.45) is 0.735. The van der Waals surface area contributed by atoms with Crippen molar-refractivity contribution in [2.45, 2.75) is 32.4 Å². The van der Waals surface area contributed by atoms with Crippen LogP contribution in [0.15, 0.2) is 60.0 Å². The summed E-state index contributed by atoms with van der Waals surface area (Å²) in [5.74, 6) is -0.724. The molecule has 2 amide bonds. The minimum Gasteiger partial charge on any atom is -0.488 e. The number of fused-ring (bicyclic) bond motifs is 1. The number of hydrogen-bond donors (Lipinski definition) is 0. The van der Waals surface area contributed by atoms with E-state index >= 15 is 0 Å². The maximum absolute atomic E-state index is 14.1. The van der Waals surface area contributed by atoms with Crippen LogP contribution in [0, 0.1) is 5.82 Å². The van der Waals surface area contributed by atoms with Gasteiger partial charge in [-0.25, -0.2) is 4.39 Å². The summed E-state index contributed by atoms with van der Waals surface area (Å²) in [5.41, 5.74) is 1.45. The number of ether oxygens (including phenoxy) is 1. The number of para-hydroxylation sites is 1. The Bertz CT molecular complexity index is 1180. The number of rotatable bonds is 7. The van der Waals surface area contributed by atoms with Crippen LogP contribution in [-0.2, 0) is 11.2 Å². The van der Waals surface area contributed by atoms with Gasteiger partial charge in [0.1, 0.15) is 13.2 Å². The topological polar surface area (TPSA) is 49.9 Å². The van der Waals surface area contributed by atoms with Gasteiger partial charge >= 0.3 is 0 Å². The molecule has 0 radical (unpaired) electrons. The normalized spacial score (nSPS) is 15.2. The highest BCUT2D eigenvalue weighted by Crippen LogP contribution is 2.34. The number of carbonyl (C=O) groups excluding carboxylic acids is 2. The number of carbonyl (C=O) groups is 2. The molecule has 1 aliphatic rings. The lowest BCUT2D eigenvalue weighted by molar-refractivity contribution is -0.136. The van der Waals surface area contributed by atoms with Crippen molar-refractivity contribution in [3.8, 4) is 5.75 Å². The highest BCUT2D eigenvalue weighted by molar-refractivity contribution is 7.10. The first-order valence-corrected chi connectivity index (χ1v) is 12.4. The van der Waals surface area contributed by atoms with Crippen LogP contribution in [-0.4, -0.2) is 47.4 Å². The minimum atomic E-state index is -0.445. The van der Waals surface area contributed by atoms with E-state index < -0.39 is 5.82 Å². The first-order chi connectivity index (χ1) is 16.3. The molecule has 2 aromatic carbocycles. The van der Waals surface area contributed by atoms with Gasteiger partial charge < -0.3 is 14.5 Å². The second-order valence-corrected chi connectivity index (χ2v) is 9.87. The Morgan fingerprint density at radius 3 is 2.74 bits per heavy atom. The average molecular weight is 501 g/mol. The van der Waals surface area contributed by atoms with Crippen molar-refractivity contribution in [2.24, 2.45) is 0 Å². The first kappa shape index (κ1) is 24.2. The molecule has 0 saturated heterocycles. The van der Waals surface area contributed by atoms with Crippen molar-refractivity contribution in [3.63, 3.8) is 0 Å². The molecule has 178 valence electrons. The molecular weight excluding hydrogens is 475 g/mol. The summed E-state index contributed by atoms with van der Waals surface area (Å²) in [4.78, 5) is 31.2. The number of benzene rings is 2. The van der Waals surface area contributed by atoms with E-state index in [2.05, 4.69) is 0 Å². The molecule has 8 heteroatoms. The molecule has 1 aliphatic heterocycles. The number of hydrogen-bond acceptors (Lipinski definition) is 4. The third kappa shape index (κ3) is 5.26. The van der Waals surface area contributed by atoms with Gasteiger partial charge in [0.2, 0.25) is 5.91 Å². The summed E-state index contributed by atoms with van der Waals surface area (Å²) < 4.78 is 19.9. The Morgan fingerprint density at radius 1 is 1.21 bits per heavy atom. The molecule has 5 nitrogen and oxygen atoms in total. The number of halogens is 2. The van der Waals surface area contributed by atoms with E-state index in [9.17, 15) is 14.0 Å². The fourth-order valence-electron chi connectivity index (χ4n) is 4.12. The zero-order valence-electron chi connectivity index (χ0n) is 19.0. The number of nitrogens with zero attached hydrogens (tertiary/aromatic N) is 2. The van der Waals surface area contributed by atoms with Crippen LogP contribution in [0.3, 0.4) is 0 Å². The third-order valence-electron chi connectivity index (χ3n) is 5.91. The van der Waals surface area contributed by atoms with Crippen LogP contribution >= 0.6 is 22.9 Å². The van der Waals surface area contributed by atoms with Gasteiger partial charge in [0.15, 0.2) is 11.6 Å². The van der Waals surface area contributed by atoms with E-state index in [4.69, 9.17) is 16.3 Å². The van der Waals surface area contributed by atoms with E-state index in [1.165, 1.54) is 10.9 Å². The SMILES string of the molecule is CC(C)N(CC(=O)N1CCc2sccc2C1COc1ccccc1F)C(=O)c1cccc(Cl)c1. The highest BCUT2D eigenvalue weighted by atomic mass is 35.5. The lowest BCUT2D eigenvalue weighted by Crippen LogP contribution is -2.49. The van der Waals surface area contributed by atoms with Gasteiger partial charge in [0, 0.05) is 28.0 Å². The third-order valence-corrected chi connectivity index (χ3v) is 7.14. The Kier molecular flexibility index (Phi) is 7.54. The summed E-state index contributed by atoms with van der Waals surface area (Å²) in [7, 11) is 0. The highest BCUT2D eigenvalue weighted by Gasteiger charge is 2.34. The van der Waals surface area contributed by atoms with Crippen molar-refractivity contribution in [1.82, 2.24) is 9.80 Å². The molecule has 1 atom stereocenters. The van der Waals surface area contributed by atoms with Gasteiger partial charge in [-0.15, -0.1) is 11.3 Å². The Labute approximate surface area is 207 Å². The fourth-order valence-corrected chi connectivity index (χ4v) is 5.24. The molecule has 0 spiro atoms. The first-order valence-electron chi connectivity index (χ1n) is 11.1. The zero-order valence-corrected chi connectivity index (χ0v) is 20.6. The van der Waals surface area contributed by atoms with Crippen LogP contribution in [0.25, 0.3) is 0 Å². The molecule has 0 fully saturated rings. The summed E-state index contributed by atoms with van der Waals surface area (Å²) >= 11 is 7.71. The Morgan fingerprint density at radius 2 is 2.00 bits per heavy atom. The average Bonchev–Trinajstić information content (AvgIpc) is 3.30. The van der Waals surface area contributed by atoms with E-state index in [1.807, 2.05) is 25.3 Å². The van der Waals surface area contributed by atoms with Gasteiger partial charge in [-0.2, -0.15) is 0 Å². The van der Waals surface area contributed by atoms with Crippen LogP contribution < -0.4 is 4.74 Å². The number of amides is 2. The second-order valence-electron chi connectivity index (χ2n) is 8.43. The monoisotopic (exact) mass is 500 g/mol. The fraction of sp³-hybridized carbons (Fsp3) is 0.308. The summed E-state index contributed by atoms with van der Waals surface area (Å²) in [5, 5.41) is 2.46. The largest absolute Gasteiger partial charge is 0.488 e. The van der Waals surface area contributed by atoms with Crippen LogP contribution in [0.2, 0.25) is 5.02 Å². The molecule has 1 unspecified atom stereocenters. The molecule has 4 rings (SSSR count).